The van der Waals surface area contributed by atoms with Gasteiger partial charge in [0, 0.05) is 23.8 Å². The summed E-state index contributed by atoms with van der Waals surface area (Å²) in [6.45, 7) is 5.63. The molecule has 1 aromatic carbocycles. The average molecular weight is 266 g/mol. The van der Waals surface area contributed by atoms with Gasteiger partial charge in [-0.2, -0.15) is 0 Å². The van der Waals surface area contributed by atoms with Crippen molar-refractivity contribution in [3.05, 3.63) is 28.8 Å². The maximum absolute atomic E-state index is 7.44. The van der Waals surface area contributed by atoms with E-state index < -0.39 is 0 Å². The number of nitrogen functional groups attached to an aromatic ring is 1. The summed E-state index contributed by atoms with van der Waals surface area (Å²) in [6, 6.07) is 6.30. The Labute approximate surface area is 113 Å². The number of nitrogens with zero attached hydrogens (tertiary/aromatic N) is 1. The van der Waals surface area contributed by atoms with E-state index in [-0.39, 0.29) is 5.84 Å². The molecule has 3 nitrogen and oxygen atoms in total. The zero-order chi connectivity index (χ0) is 13.3. The second-order valence-corrected chi connectivity index (χ2v) is 5.66. The monoisotopic (exact) mass is 265 g/mol. The molecule has 1 fully saturated rings. The summed E-state index contributed by atoms with van der Waals surface area (Å²) < 4.78 is 0. The first-order chi connectivity index (χ1) is 8.49. The van der Waals surface area contributed by atoms with Crippen molar-refractivity contribution in [2.45, 2.75) is 32.7 Å². The first-order valence-electron chi connectivity index (χ1n) is 6.39. The molecule has 0 bridgehead atoms. The van der Waals surface area contributed by atoms with Crippen molar-refractivity contribution >= 4 is 23.1 Å². The smallest absolute Gasteiger partial charge is 0.124 e. The SMILES string of the molecule is CC1CCN(c2ccc(C(=N)N)c(Cl)c2)C(C)C1. The molecule has 3 N–H and O–H groups in total. The van der Waals surface area contributed by atoms with Crippen molar-refractivity contribution < 1.29 is 0 Å². The van der Waals surface area contributed by atoms with E-state index in [1.165, 1.54) is 12.8 Å². The summed E-state index contributed by atoms with van der Waals surface area (Å²) in [4.78, 5) is 2.38. The van der Waals surface area contributed by atoms with Crippen LogP contribution in [0.4, 0.5) is 5.69 Å². The van der Waals surface area contributed by atoms with Crippen molar-refractivity contribution in [2.75, 3.05) is 11.4 Å². The van der Waals surface area contributed by atoms with E-state index in [1.54, 1.807) is 0 Å². The Kier molecular flexibility index (Phi) is 3.81. The van der Waals surface area contributed by atoms with Gasteiger partial charge in [-0.15, -0.1) is 0 Å². The predicted molar refractivity (Wildman–Crippen MR) is 77.7 cm³/mol. The minimum atomic E-state index is 0.0202. The van der Waals surface area contributed by atoms with Crippen LogP contribution < -0.4 is 10.6 Å². The second kappa shape index (κ2) is 5.19. The molecule has 0 amide bonds. The zero-order valence-corrected chi connectivity index (χ0v) is 11.7. The summed E-state index contributed by atoms with van der Waals surface area (Å²) in [5.74, 6) is 0.815. The number of benzene rings is 1. The fourth-order valence-electron chi connectivity index (χ4n) is 2.69. The van der Waals surface area contributed by atoms with Crippen LogP contribution in [-0.2, 0) is 0 Å². The lowest BCUT2D eigenvalue weighted by Gasteiger charge is -2.38. The second-order valence-electron chi connectivity index (χ2n) is 5.25. The molecule has 1 aliphatic rings. The van der Waals surface area contributed by atoms with Crippen molar-refractivity contribution in [3.63, 3.8) is 0 Å². The summed E-state index contributed by atoms with van der Waals surface area (Å²) >= 11 is 6.17. The van der Waals surface area contributed by atoms with Crippen molar-refractivity contribution in [2.24, 2.45) is 11.7 Å². The summed E-state index contributed by atoms with van der Waals surface area (Å²) in [5.41, 5.74) is 7.21. The third-order valence-electron chi connectivity index (χ3n) is 3.71. The number of nitrogens with two attached hydrogens (primary N) is 1. The maximum atomic E-state index is 7.44. The summed E-state index contributed by atoms with van der Waals surface area (Å²) in [7, 11) is 0. The molecule has 2 unspecified atom stereocenters. The molecule has 18 heavy (non-hydrogen) atoms. The highest BCUT2D eigenvalue weighted by molar-refractivity contribution is 6.34. The van der Waals surface area contributed by atoms with E-state index in [4.69, 9.17) is 22.7 Å². The first kappa shape index (κ1) is 13.2. The van der Waals surface area contributed by atoms with E-state index in [1.807, 2.05) is 18.2 Å². The summed E-state index contributed by atoms with van der Waals surface area (Å²) in [6.07, 6.45) is 2.43. The van der Waals surface area contributed by atoms with E-state index in [0.29, 0.717) is 16.6 Å². The molecule has 0 aliphatic carbocycles. The standard InChI is InChI=1S/C14H20ClN3/c1-9-5-6-18(10(2)7-9)11-3-4-12(14(16)17)13(15)8-11/h3-4,8-10H,5-7H2,1-2H3,(H3,16,17). The molecule has 2 rings (SSSR count). The number of nitrogens with one attached hydrogen (secondary N) is 1. The highest BCUT2D eigenvalue weighted by atomic mass is 35.5. The van der Waals surface area contributed by atoms with Gasteiger partial charge >= 0.3 is 0 Å². The highest BCUT2D eigenvalue weighted by Crippen LogP contribution is 2.30. The number of anilines is 1. The average Bonchev–Trinajstić information content (AvgIpc) is 2.28. The molecule has 1 aliphatic heterocycles. The lowest BCUT2D eigenvalue weighted by atomic mass is 9.93. The van der Waals surface area contributed by atoms with Crippen LogP contribution in [0.5, 0.6) is 0 Å². The summed E-state index contributed by atoms with van der Waals surface area (Å²) in [5, 5.41) is 8.00. The van der Waals surface area contributed by atoms with Gasteiger partial charge < -0.3 is 10.6 Å². The van der Waals surface area contributed by atoms with Gasteiger partial charge in [0.05, 0.1) is 5.02 Å². The lowest BCUT2D eigenvalue weighted by Crippen LogP contribution is -2.40. The van der Waals surface area contributed by atoms with Crippen LogP contribution in [0, 0.1) is 11.3 Å². The van der Waals surface area contributed by atoms with Crippen LogP contribution in [0.3, 0.4) is 0 Å². The Balaban J connectivity index is 2.24. The van der Waals surface area contributed by atoms with E-state index in [2.05, 4.69) is 18.7 Å². The molecule has 1 aromatic rings. The largest absolute Gasteiger partial charge is 0.384 e. The number of hydrogen-bond donors (Lipinski definition) is 2. The Morgan fingerprint density at radius 3 is 2.72 bits per heavy atom. The maximum Gasteiger partial charge on any atom is 0.124 e. The predicted octanol–water partition coefficient (Wildman–Crippen LogP) is 3.25. The number of amidine groups is 1. The van der Waals surface area contributed by atoms with Gasteiger partial charge in [0.1, 0.15) is 5.84 Å². The molecular formula is C14H20ClN3. The van der Waals surface area contributed by atoms with Gasteiger partial charge in [-0.05, 0) is 43.9 Å². The first-order valence-corrected chi connectivity index (χ1v) is 6.77. The van der Waals surface area contributed by atoms with Gasteiger partial charge in [0.25, 0.3) is 0 Å². The van der Waals surface area contributed by atoms with Gasteiger partial charge in [-0.3, -0.25) is 5.41 Å². The van der Waals surface area contributed by atoms with E-state index in [9.17, 15) is 0 Å². The number of piperidine rings is 1. The Morgan fingerprint density at radius 2 is 2.17 bits per heavy atom. The minimum Gasteiger partial charge on any atom is -0.384 e. The normalized spacial score (nSPS) is 24.1. The highest BCUT2D eigenvalue weighted by Gasteiger charge is 2.23. The zero-order valence-electron chi connectivity index (χ0n) is 10.9. The quantitative estimate of drug-likeness (QED) is 0.637. The number of halogens is 1. The minimum absolute atomic E-state index is 0.0202. The van der Waals surface area contributed by atoms with E-state index >= 15 is 0 Å². The van der Waals surface area contributed by atoms with Crippen molar-refractivity contribution in [3.8, 4) is 0 Å². The van der Waals surface area contributed by atoms with Crippen LogP contribution in [0.2, 0.25) is 5.02 Å². The van der Waals surface area contributed by atoms with Crippen molar-refractivity contribution in [1.82, 2.24) is 0 Å². The molecule has 1 heterocycles. The van der Waals surface area contributed by atoms with Crippen LogP contribution in [0.15, 0.2) is 18.2 Å². The van der Waals surface area contributed by atoms with Crippen LogP contribution in [0.25, 0.3) is 0 Å². The Hall–Kier alpha value is -1.22. The fourth-order valence-corrected chi connectivity index (χ4v) is 2.97. The Bertz CT molecular complexity index is 458. The van der Waals surface area contributed by atoms with E-state index in [0.717, 1.165) is 18.2 Å². The molecule has 2 atom stereocenters. The van der Waals surface area contributed by atoms with Gasteiger partial charge in [0.15, 0.2) is 0 Å². The molecule has 0 saturated carbocycles. The number of hydrogen-bond acceptors (Lipinski definition) is 2. The molecule has 0 spiro atoms. The third-order valence-corrected chi connectivity index (χ3v) is 4.03. The molecule has 1 saturated heterocycles. The molecule has 0 radical (unpaired) electrons. The Morgan fingerprint density at radius 1 is 1.44 bits per heavy atom. The molecule has 0 aromatic heterocycles. The van der Waals surface area contributed by atoms with Crippen LogP contribution in [0.1, 0.15) is 32.3 Å². The number of rotatable bonds is 2. The topological polar surface area (TPSA) is 53.1 Å². The third kappa shape index (κ3) is 2.61. The fraction of sp³-hybridized carbons (Fsp3) is 0.500. The van der Waals surface area contributed by atoms with Crippen LogP contribution >= 0.6 is 11.6 Å². The van der Waals surface area contributed by atoms with Gasteiger partial charge in [0.2, 0.25) is 0 Å². The molecule has 98 valence electrons. The molecular weight excluding hydrogens is 246 g/mol. The lowest BCUT2D eigenvalue weighted by molar-refractivity contribution is 0.378. The van der Waals surface area contributed by atoms with Crippen molar-refractivity contribution in [1.29, 1.82) is 5.41 Å². The van der Waals surface area contributed by atoms with Gasteiger partial charge in [-0.1, -0.05) is 18.5 Å². The molecule has 4 heteroatoms. The van der Waals surface area contributed by atoms with Crippen LogP contribution in [-0.4, -0.2) is 18.4 Å². The van der Waals surface area contributed by atoms with Gasteiger partial charge in [-0.25, -0.2) is 0 Å².